The molecule has 0 radical (unpaired) electrons. The molecule has 3 nitrogen and oxygen atoms in total. The van der Waals surface area contributed by atoms with Crippen molar-refractivity contribution in [3.8, 4) is 0 Å². The minimum Gasteiger partial charge on any atom is -0.465 e. The lowest BCUT2D eigenvalue weighted by atomic mass is 9.93. The maximum atomic E-state index is 10.6. The first-order valence-electron chi connectivity index (χ1n) is 5.38. The van der Waals surface area contributed by atoms with E-state index in [-0.39, 0.29) is 0 Å². The summed E-state index contributed by atoms with van der Waals surface area (Å²) >= 11 is 6.04. The van der Waals surface area contributed by atoms with E-state index < -0.39 is 6.09 Å². The molecule has 1 aliphatic heterocycles. The van der Waals surface area contributed by atoms with Gasteiger partial charge in [0.1, 0.15) is 0 Å². The molecule has 1 heterocycles. The van der Waals surface area contributed by atoms with E-state index in [9.17, 15) is 4.79 Å². The van der Waals surface area contributed by atoms with Gasteiger partial charge in [0.05, 0.1) is 0 Å². The van der Waals surface area contributed by atoms with Crippen LogP contribution in [0.4, 0.5) is 4.79 Å². The summed E-state index contributed by atoms with van der Waals surface area (Å²) in [7, 11) is 0. The molecule has 1 saturated heterocycles. The van der Waals surface area contributed by atoms with Gasteiger partial charge < -0.3 is 10.0 Å². The van der Waals surface area contributed by atoms with Crippen LogP contribution in [0.2, 0.25) is 5.02 Å². The van der Waals surface area contributed by atoms with Crippen molar-refractivity contribution in [2.24, 2.45) is 5.92 Å². The van der Waals surface area contributed by atoms with Crippen molar-refractivity contribution in [3.05, 3.63) is 34.9 Å². The lowest BCUT2D eigenvalue weighted by Crippen LogP contribution is -2.49. The van der Waals surface area contributed by atoms with Gasteiger partial charge in [-0.25, -0.2) is 4.79 Å². The number of benzene rings is 1. The molecule has 4 heteroatoms. The van der Waals surface area contributed by atoms with Gasteiger partial charge in [-0.2, -0.15) is 0 Å². The van der Waals surface area contributed by atoms with Crippen molar-refractivity contribution in [3.63, 3.8) is 0 Å². The Morgan fingerprint density at radius 1 is 1.44 bits per heavy atom. The van der Waals surface area contributed by atoms with Crippen LogP contribution < -0.4 is 0 Å². The fourth-order valence-corrected chi connectivity index (χ4v) is 2.20. The topological polar surface area (TPSA) is 40.5 Å². The second-order valence-corrected chi connectivity index (χ2v) is 4.59. The molecule has 0 saturated carbocycles. The highest BCUT2D eigenvalue weighted by Gasteiger charge is 2.29. The van der Waals surface area contributed by atoms with Crippen LogP contribution in [-0.2, 0) is 6.42 Å². The quantitative estimate of drug-likeness (QED) is 0.881. The molecule has 0 spiro atoms. The Balaban J connectivity index is 1.78. The number of carboxylic acid groups (broad SMARTS) is 1. The Bertz CT molecular complexity index is 388. The molecular formula is C12H14ClNO2. The smallest absolute Gasteiger partial charge is 0.407 e. The van der Waals surface area contributed by atoms with E-state index in [0.717, 1.165) is 23.4 Å². The number of halogens is 1. The maximum absolute atomic E-state index is 10.6. The molecule has 0 bridgehead atoms. The number of likely N-dealkylation sites (tertiary alicyclic amines) is 1. The summed E-state index contributed by atoms with van der Waals surface area (Å²) in [5.41, 5.74) is 1.15. The van der Waals surface area contributed by atoms with Crippen LogP contribution in [0.25, 0.3) is 0 Å². The van der Waals surface area contributed by atoms with Crippen molar-refractivity contribution < 1.29 is 9.90 Å². The minimum atomic E-state index is -0.811. The first-order valence-corrected chi connectivity index (χ1v) is 5.76. The average molecular weight is 240 g/mol. The Labute approximate surface area is 99.6 Å². The summed E-state index contributed by atoms with van der Waals surface area (Å²) in [6.45, 7) is 1.33. The average Bonchev–Trinajstić information content (AvgIpc) is 2.17. The van der Waals surface area contributed by atoms with E-state index in [1.165, 1.54) is 4.90 Å². The normalized spacial score (nSPS) is 15.9. The van der Waals surface area contributed by atoms with Crippen molar-refractivity contribution in [2.75, 3.05) is 13.1 Å². The van der Waals surface area contributed by atoms with Crippen molar-refractivity contribution in [1.29, 1.82) is 0 Å². The fraction of sp³-hybridized carbons (Fsp3) is 0.417. The van der Waals surface area contributed by atoms with E-state index in [0.29, 0.717) is 19.0 Å². The molecule has 1 aromatic rings. The van der Waals surface area contributed by atoms with E-state index in [2.05, 4.69) is 0 Å². The third kappa shape index (κ3) is 2.47. The first-order chi connectivity index (χ1) is 7.66. The lowest BCUT2D eigenvalue weighted by Gasteiger charge is -2.37. The third-order valence-electron chi connectivity index (χ3n) is 3.01. The summed E-state index contributed by atoms with van der Waals surface area (Å²) in [6, 6.07) is 7.81. The van der Waals surface area contributed by atoms with Crippen LogP contribution in [-0.4, -0.2) is 29.2 Å². The highest BCUT2D eigenvalue weighted by Crippen LogP contribution is 2.23. The maximum Gasteiger partial charge on any atom is 0.407 e. The van der Waals surface area contributed by atoms with Gasteiger partial charge >= 0.3 is 6.09 Å². The Morgan fingerprint density at radius 2 is 2.12 bits per heavy atom. The third-order valence-corrected chi connectivity index (χ3v) is 3.38. The van der Waals surface area contributed by atoms with Crippen LogP contribution in [0.1, 0.15) is 12.0 Å². The predicted octanol–water partition coefficient (Wildman–Crippen LogP) is 2.88. The van der Waals surface area contributed by atoms with Gasteiger partial charge in [-0.15, -0.1) is 0 Å². The van der Waals surface area contributed by atoms with Gasteiger partial charge in [0.2, 0.25) is 0 Å². The number of nitrogens with zero attached hydrogens (tertiary/aromatic N) is 1. The van der Waals surface area contributed by atoms with Crippen molar-refractivity contribution >= 4 is 17.7 Å². The number of amides is 1. The zero-order chi connectivity index (χ0) is 11.5. The molecule has 0 unspecified atom stereocenters. The molecule has 1 amide bonds. The second kappa shape index (κ2) is 4.74. The molecule has 1 aliphatic rings. The van der Waals surface area contributed by atoms with Gasteiger partial charge in [0, 0.05) is 18.1 Å². The van der Waals surface area contributed by atoms with Gasteiger partial charge in [0.15, 0.2) is 0 Å². The largest absolute Gasteiger partial charge is 0.465 e. The zero-order valence-electron chi connectivity index (χ0n) is 8.90. The Morgan fingerprint density at radius 3 is 2.75 bits per heavy atom. The van der Waals surface area contributed by atoms with E-state index in [4.69, 9.17) is 16.7 Å². The molecule has 0 aromatic heterocycles. The van der Waals surface area contributed by atoms with Gasteiger partial charge in [-0.3, -0.25) is 0 Å². The minimum absolute atomic E-state index is 0.493. The Hall–Kier alpha value is -1.22. The molecule has 1 N–H and O–H groups in total. The summed E-state index contributed by atoms with van der Waals surface area (Å²) < 4.78 is 0. The highest BCUT2D eigenvalue weighted by atomic mass is 35.5. The summed E-state index contributed by atoms with van der Waals surface area (Å²) in [6.07, 6.45) is 1.12. The van der Waals surface area contributed by atoms with Crippen molar-refractivity contribution in [1.82, 2.24) is 4.90 Å². The standard InChI is InChI=1S/C12H14ClNO2/c13-11-4-2-1-3-10(11)6-5-9-7-14(8-9)12(15)16/h1-4,9H,5-8H2,(H,15,16). The van der Waals surface area contributed by atoms with Crippen LogP contribution in [0.5, 0.6) is 0 Å². The van der Waals surface area contributed by atoms with Crippen LogP contribution in [0, 0.1) is 5.92 Å². The molecule has 2 rings (SSSR count). The van der Waals surface area contributed by atoms with Crippen LogP contribution in [0.15, 0.2) is 24.3 Å². The highest BCUT2D eigenvalue weighted by molar-refractivity contribution is 6.31. The second-order valence-electron chi connectivity index (χ2n) is 4.18. The van der Waals surface area contributed by atoms with Gasteiger partial charge in [0.25, 0.3) is 0 Å². The van der Waals surface area contributed by atoms with Gasteiger partial charge in [-0.1, -0.05) is 29.8 Å². The summed E-state index contributed by atoms with van der Waals surface area (Å²) in [4.78, 5) is 12.0. The van der Waals surface area contributed by atoms with E-state index in [1.807, 2.05) is 24.3 Å². The molecule has 16 heavy (non-hydrogen) atoms. The SMILES string of the molecule is O=C(O)N1CC(CCc2ccccc2Cl)C1. The van der Waals surface area contributed by atoms with Gasteiger partial charge in [-0.05, 0) is 30.4 Å². The predicted molar refractivity (Wildman–Crippen MR) is 62.9 cm³/mol. The molecule has 86 valence electrons. The van der Waals surface area contributed by atoms with Crippen LogP contribution in [0.3, 0.4) is 0 Å². The summed E-state index contributed by atoms with van der Waals surface area (Å²) in [5, 5.41) is 9.49. The Kier molecular flexibility index (Phi) is 3.34. The summed E-state index contributed by atoms with van der Waals surface area (Å²) in [5.74, 6) is 0.493. The molecule has 0 atom stereocenters. The molecule has 0 aliphatic carbocycles. The molecule has 1 aromatic carbocycles. The fourth-order valence-electron chi connectivity index (χ4n) is 1.97. The van der Waals surface area contributed by atoms with E-state index in [1.54, 1.807) is 0 Å². The van der Waals surface area contributed by atoms with Crippen LogP contribution >= 0.6 is 11.6 Å². The van der Waals surface area contributed by atoms with Crippen molar-refractivity contribution in [2.45, 2.75) is 12.8 Å². The first kappa shape index (κ1) is 11.3. The molecule has 1 fully saturated rings. The number of hydrogen-bond acceptors (Lipinski definition) is 1. The number of hydrogen-bond donors (Lipinski definition) is 1. The lowest BCUT2D eigenvalue weighted by molar-refractivity contribution is 0.0785. The number of aryl methyl sites for hydroxylation is 1. The monoisotopic (exact) mass is 239 g/mol. The zero-order valence-corrected chi connectivity index (χ0v) is 9.65. The van der Waals surface area contributed by atoms with E-state index >= 15 is 0 Å². The number of rotatable bonds is 3. The molecular weight excluding hydrogens is 226 g/mol. The number of carbonyl (C=O) groups is 1.